The minimum Gasteiger partial charge on any atom is -0.396 e. The first-order valence-electron chi connectivity index (χ1n) is 5.61. The van der Waals surface area contributed by atoms with Crippen LogP contribution in [-0.4, -0.2) is 30.0 Å². The average Bonchev–Trinajstić information content (AvgIpc) is 3.02. The molecule has 0 atom stereocenters. The van der Waals surface area contributed by atoms with Gasteiger partial charge in [0.25, 0.3) is 0 Å². The maximum Gasteiger partial charge on any atom is 0.389 e. The zero-order valence-electron chi connectivity index (χ0n) is 10.3. The molecule has 10 heteroatoms. The van der Waals surface area contributed by atoms with Crippen molar-refractivity contribution in [2.45, 2.75) is 13.5 Å². The Bertz CT molecular complexity index is 806. The second-order valence-corrected chi connectivity index (χ2v) is 4.15. The van der Waals surface area contributed by atoms with E-state index in [1.54, 1.807) is 6.92 Å². The van der Waals surface area contributed by atoms with E-state index in [9.17, 15) is 10.1 Å². The summed E-state index contributed by atoms with van der Waals surface area (Å²) in [6, 6.07) is 1.31. The summed E-state index contributed by atoms with van der Waals surface area (Å²) in [5.41, 5.74) is 8.39. The van der Waals surface area contributed by atoms with E-state index in [1.807, 2.05) is 0 Å². The molecule has 0 bridgehead atoms. The number of nitrogens with zero attached hydrogens (tertiary/aromatic N) is 6. The van der Waals surface area contributed by atoms with Gasteiger partial charge in [-0.25, -0.2) is 9.61 Å². The number of nitrogens with two attached hydrogens (primary N) is 1. The van der Waals surface area contributed by atoms with Crippen molar-refractivity contribution in [2.75, 3.05) is 5.73 Å². The number of pyridine rings is 1. The van der Waals surface area contributed by atoms with E-state index in [1.165, 1.54) is 16.9 Å². The summed E-state index contributed by atoms with van der Waals surface area (Å²) in [6.07, 6.45) is 1.50. The monoisotopic (exact) mass is 275 g/mol. The van der Waals surface area contributed by atoms with Gasteiger partial charge in [-0.05, 0) is 22.2 Å². The molecule has 0 unspecified atom stereocenters. The lowest BCUT2D eigenvalue weighted by molar-refractivity contribution is -0.389. The third-order valence-electron chi connectivity index (χ3n) is 2.90. The van der Waals surface area contributed by atoms with E-state index in [2.05, 4.69) is 25.0 Å². The third kappa shape index (κ3) is 1.83. The van der Waals surface area contributed by atoms with Gasteiger partial charge in [0, 0.05) is 11.3 Å². The summed E-state index contributed by atoms with van der Waals surface area (Å²) in [6.45, 7) is 2.01. The fourth-order valence-electron chi connectivity index (χ4n) is 1.89. The summed E-state index contributed by atoms with van der Waals surface area (Å²) >= 11 is 0. The van der Waals surface area contributed by atoms with Gasteiger partial charge in [0.2, 0.25) is 5.65 Å². The van der Waals surface area contributed by atoms with Gasteiger partial charge in [-0.1, -0.05) is 0 Å². The lowest BCUT2D eigenvalue weighted by Crippen LogP contribution is -2.08. The highest BCUT2D eigenvalue weighted by Crippen LogP contribution is 2.24. The Kier molecular flexibility index (Phi) is 2.56. The van der Waals surface area contributed by atoms with Gasteiger partial charge in [0.05, 0.1) is 29.6 Å². The Morgan fingerprint density at radius 3 is 3.00 bits per heavy atom. The maximum atomic E-state index is 10.6. The van der Waals surface area contributed by atoms with E-state index < -0.39 is 4.92 Å². The number of aromatic nitrogens is 5. The van der Waals surface area contributed by atoms with Gasteiger partial charge in [0.15, 0.2) is 5.52 Å². The van der Waals surface area contributed by atoms with Crippen molar-refractivity contribution in [1.29, 1.82) is 0 Å². The van der Waals surface area contributed by atoms with Crippen molar-refractivity contribution in [3.8, 4) is 0 Å². The van der Waals surface area contributed by atoms with Crippen LogP contribution in [0.3, 0.4) is 0 Å². The maximum absolute atomic E-state index is 10.6. The van der Waals surface area contributed by atoms with Gasteiger partial charge in [-0.2, -0.15) is 4.68 Å². The molecule has 3 aromatic heterocycles. The molecule has 0 aliphatic carbocycles. The zero-order valence-corrected chi connectivity index (χ0v) is 10.3. The highest BCUT2D eigenvalue weighted by atomic mass is 16.6. The summed E-state index contributed by atoms with van der Waals surface area (Å²) in [5.74, 6) is -0.224. The molecule has 20 heavy (non-hydrogen) atoms. The number of rotatable bonds is 3. The van der Waals surface area contributed by atoms with E-state index in [0.29, 0.717) is 28.1 Å². The Hall–Kier alpha value is -3.04. The highest BCUT2D eigenvalue weighted by molar-refractivity contribution is 5.85. The average molecular weight is 275 g/mol. The molecular weight excluding hydrogens is 266 g/mol. The highest BCUT2D eigenvalue weighted by Gasteiger charge is 2.17. The fraction of sp³-hybridized carbons (Fsp3) is 0.200. The molecule has 0 fully saturated rings. The van der Waals surface area contributed by atoms with Gasteiger partial charge in [-0.15, -0.1) is 0 Å². The molecule has 0 saturated carbocycles. The van der Waals surface area contributed by atoms with Crippen molar-refractivity contribution in [2.24, 2.45) is 0 Å². The Labute approximate surface area is 111 Å². The molecule has 0 spiro atoms. The van der Waals surface area contributed by atoms with Gasteiger partial charge in [0.1, 0.15) is 0 Å². The second kappa shape index (κ2) is 4.26. The van der Waals surface area contributed by atoms with Gasteiger partial charge >= 0.3 is 5.82 Å². The largest absolute Gasteiger partial charge is 0.396 e. The topological polar surface area (TPSA) is 139 Å². The van der Waals surface area contributed by atoms with Crippen LogP contribution >= 0.6 is 0 Å². The van der Waals surface area contributed by atoms with Crippen LogP contribution in [-0.2, 0) is 6.54 Å². The molecule has 3 rings (SSSR count). The summed E-state index contributed by atoms with van der Waals surface area (Å²) < 4.78 is 6.00. The van der Waals surface area contributed by atoms with E-state index in [-0.39, 0.29) is 12.4 Å². The standard InChI is InChI=1S/C10H9N7O3/c1-5-6(4-16-3-2-7(13-16)17(18)19)8(11)9-10(12-5)15-20-14-9/h2-3H,4,11H2,1H3. The number of hydrogen-bond donors (Lipinski definition) is 1. The number of nitro groups is 1. The van der Waals surface area contributed by atoms with Crippen molar-refractivity contribution >= 4 is 22.7 Å². The van der Waals surface area contributed by atoms with Crippen LogP contribution in [0.25, 0.3) is 11.2 Å². The number of hydrogen-bond acceptors (Lipinski definition) is 8. The quantitative estimate of drug-likeness (QED) is 0.543. The van der Waals surface area contributed by atoms with E-state index in [4.69, 9.17) is 5.73 Å². The molecule has 3 aromatic rings. The Balaban J connectivity index is 2.03. The van der Waals surface area contributed by atoms with E-state index >= 15 is 0 Å². The number of anilines is 1. The van der Waals surface area contributed by atoms with Crippen LogP contribution in [0.1, 0.15) is 11.3 Å². The van der Waals surface area contributed by atoms with Crippen LogP contribution in [0.2, 0.25) is 0 Å². The van der Waals surface area contributed by atoms with Gasteiger partial charge < -0.3 is 15.8 Å². The first kappa shape index (κ1) is 12.0. The molecular formula is C10H9N7O3. The minimum absolute atomic E-state index is 0.224. The van der Waals surface area contributed by atoms with Crippen LogP contribution < -0.4 is 5.73 Å². The minimum atomic E-state index is -0.560. The van der Waals surface area contributed by atoms with Crippen molar-refractivity contribution in [3.05, 3.63) is 33.6 Å². The fourth-order valence-corrected chi connectivity index (χ4v) is 1.89. The lowest BCUT2D eigenvalue weighted by Gasteiger charge is -2.06. The molecule has 10 nitrogen and oxygen atoms in total. The zero-order chi connectivity index (χ0) is 14.3. The van der Waals surface area contributed by atoms with Crippen molar-refractivity contribution < 1.29 is 9.55 Å². The molecule has 0 amide bonds. The van der Waals surface area contributed by atoms with Crippen LogP contribution in [0.4, 0.5) is 11.5 Å². The Morgan fingerprint density at radius 1 is 1.50 bits per heavy atom. The van der Waals surface area contributed by atoms with Crippen molar-refractivity contribution in [3.63, 3.8) is 0 Å². The van der Waals surface area contributed by atoms with Crippen molar-refractivity contribution in [1.82, 2.24) is 25.1 Å². The number of aryl methyl sites for hydroxylation is 1. The molecule has 0 saturated heterocycles. The predicted octanol–water partition coefficient (Wildman–Crippen LogP) is 0.661. The number of nitrogen functional groups attached to an aromatic ring is 1. The number of fused-ring (bicyclic) bond motifs is 1. The molecule has 2 N–H and O–H groups in total. The normalized spacial score (nSPS) is 11.1. The summed E-state index contributed by atoms with van der Waals surface area (Å²) in [4.78, 5) is 14.3. The summed E-state index contributed by atoms with van der Waals surface area (Å²) in [5, 5.41) is 21.7. The molecule has 0 aromatic carbocycles. The molecule has 0 aliphatic rings. The first-order chi connectivity index (χ1) is 9.56. The van der Waals surface area contributed by atoms with Crippen LogP contribution in [0.5, 0.6) is 0 Å². The SMILES string of the molecule is Cc1nc2nonc2c(N)c1Cn1ccc([N+](=O)[O-])n1. The van der Waals surface area contributed by atoms with Crippen LogP contribution in [0.15, 0.2) is 16.9 Å². The predicted molar refractivity (Wildman–Crippen MR) is 66.7 cm³/mol. The molecule has 0 aliphatic heterocycles. The van der Waals surface area contributed by atoms with Crippen LogP contribution in [0, 0.1) is 17.0 Å². The lowest BCUT2D eigenvalue weighted by atomic mass is 10.1. The smallest absolute Gasteiger partial charge is 0.389 e. The summed E-state index contributed by atoms with van der Waals surface area (Å²) in [7, 11) is 0. The molecule has 102 valence electrons. The van der Waals surface area contributed by atoms with Gasteiger partial charge in [-0.3, -0.25) is 0 Å². The molecule has 3 heterocycles. The first-order valence-corrected chi connectivity index (χ1v) is 5.61. The third-order valence-corrected chi connectivity index (χ3v) is 2.90. The van der Waals surface area contributed by atoms with E-state index in [0.717, 1.165) is 0 Å². The Morgan fingerprint density at radius 2 is 2.30 bits per heavy atom. The molecule has 0 radical (unpaired) electrons. The second-order valence-electron chi connectivity index (χ2n) is 4.15.